The van der Waals surface area contributed by atoms with E-state index in [4.69, 9.17) is 10.5 Å². The van der Waals surface area contributed by atoms with Gasteiger partial charge in [-0.1, -0.05) is 25.8 Å². The summed E-state index contributed by atoms with van der Waals surface area (Å²) < 4.78 is 5.07. The number of rotatable bonds is 9. The summed E-state index contributed by atoms with van der Waals surface area (Å²) in [4.78, 5) is 18.4. The number of pyridine rings is 1. The number of carbonyl (C=O) groups excluding carboxylic acids is 1. The fourth-order valence-corrected chi connectivity index (χ4v) is 1.94. The Kier molecular flexibility index (Phi) is 7.84. The predicted octanol–water partition coefficient (Wildman–Crippen LogP) is 1.57. The molecule has 0 aromatic carbocycles. The lowest BCUT2D eigenvalue weighted by molar-refractivity contribution is -0.134. The molecule has 0 aliphatic rings. The Balaban J connectivity index is 2.65. The summed E-state index contributed by atoms with van der Waals surface area (Å²) >= 11 is 0. The van der Waals surface area contributed by atoms with Crippen molar-refractivity contribution in [2.45, 2.75) is 38.8 Å². The number of unbranched alkanes of at least 4 members (excludes halogenated alkanes) is 1. The molecule has 0 spiro atoms. The number of methoxy groups -OCH3 is 1. The Morgan fingerprint density at radius 2 is 2.30 bits per heavy atom. The van der Waals surface area contributed by atoms with Crippen LogP contribution in [-0.4, -0.2) is 42.1 Å². The normalized spacial score (nSPS) is 12.2. The molecule has 0 radical (unpaired) electrons. The molecule has 1 amide bonds. The molecule has 0 fully saturated rings. The molecule has 2 N–H and O–H groups in total. The van der Waals surface area contributed by atoms with E-state index < -0.39 is 6.04 Å². The Labute approximate surface area is 121 Å². The molecule has 1 atom stereocenters. The topological polar surface area (TPSA) is 68.5 Å². The van der Waals surface area contributed by atoms with Crippen LogP contribution in [0.5, 0.6) is 0 Å². The van der Waals surface area contributed by atoms with E-state index in [1.54, 1.807) is 18.2 Å². The molecule has 0 aliphatic heterocycles. The van der Waals surface area contributed by atoms with Crippen molar-refractivity contribution in [3.63, 3.8) is 0 Å². The van der Waals surface area contributed by atoms with E-state index in [1.807, 2.05) is 18.2 Å². The molecule has 1 aromatic rings. The van der Waals surface area contributed by atoms with Crippen molar-refractivity contribution in [1.29, 1.82) is 0 Å². The highest BCUT2D eigenvalue weighted by molar-refractivity contribution is 5.81. The Hall–Kier alpha value is -1.46. The smallest absolute Gasteiger partial charge is 0.239 e. The van der Waals surface area contributed by atoms with Gasteiger partial charge in [0, 0.05) is 19.9 Å². The third-order valence-corrected chi connectivity index (χ3v) is 3.14. The predicted molar refractivity (Wildman–Crippen MR) is 79.0 cm³/mol. The van der Waals surface area contributed by atoms with Crippen LogP contribution in [0.15, 0.2) is 24.4 Å². The van der Waals surface area contributed by atoms with Crippen LogP contribution in [0.2, 0.25) is 0 Å². The number of ether oxygens (including phenoxy) is 1. The van der Waals surface area contributed by atoms with Crippen LogP contribution in [0.1, 0.15) is 31.9 Å². The van der Waals surface area contributed by atoms with Crippen LogP contribution in [0, 0.1) is 0 Å². The largest absolute Gasteiger partial charge is 0.383 e. The number of aromatic nitrogens is 1. The number of amides is 1. The molecular weight excluding hydrogens is 254 g/mol. The van der Waals surface area contributed by atoms with Gasteiger partial charge in [0.2, 0.25) is 5.91 Å². The Morgan fingerprint density at radius 1 is 1.50 bits per heavy atom. The van der Waals surface area contributed by atoms with Gasteiger partial charge in [-0.05, 0) is 18.6 Å². The fraction of sp³-hybridized carbons (Fsp3) is 0.600. The molecule has 0 bridgehead atoms. The zero-order valence-electron chi connectivity index (χ0n) is 12.4. The summed E-state index contributed by atoms with van der Waals surface area (Å²) in [6, 6.07) is 5.25. The van der Waals surface area contributed by atoms with Crippen molar-refractivity contribution in [1.82, 2.24) is 9.88 Å². The first-order valence-electron chi connectivity index (χ1n) is 7.12. The first kappa shape index (κ1) is 16.6. The number of nitrogens with two attached hydrogens (primary N) is 1. The third kappa shape index (κ3) is 5.67. The second kappa shape index (κ2) is 9.44. The van der Waals surface area contributed by atoms with Gasteiger partial charge in [-0.3, -0.25) is 9.78 Å². The average Bonchev–Trinajstić information content (AvgIpc) is 2.49. The molecule has 112 valence electrons. The second-order valence-corrected chi connectivity index (χ2v) is 4.82. The quantitative estimate of drug-likeness (QED) is 0.745. The minimum Gasteiger partial charge on any atom is -0.383 e. The summed E-state index contributed by atoms with van der Waals surface area (Å²) in [5.41, 5.74) is 6.84. The van der Waals surface area contributed by atoms with E-state index in [1.165, 1.54) is 0 Å². The summed E-state index contributed by atoms with van der Waals surface area (Å²) in [6.45, 7) is 3.60. The van der Waals surface area contributed by atoms with Crippen molar-refractivity contribution in [2.75, 3.05) is 20.3 Å². The van der Waals surface area contributed by atoms with Gasteiger partial charge in [-0.25, -0.2) is 0 Å². The van der Waals surface area contributed by atoms with Crippen LogP contribution >= 0.6 is 0 Å². The monoisotopic (exact) mass is 279 g/mol. The maximum atomic E-state index is 12.4. The van der Waals surface area contributed by atoms with Gasteiger partial charge in [0.25, 0.3) is 0 Å². The molecular formula is C15H25N3O2. The van der Waals surface area contributed by atoms with Crippen molar-refractivity contribution >= 4 is 5.91 Å². The van der Waals surface area contributed by atoms with E-state index >= 15 is 0 Å². The number of carbonyl (C=O) groups is 1. The second-order valence-electron chi connectivity index (χ2n) is 4.82. The minimum absolute atomic E-state index is 0.0267. The highest BCUT2D eigenvalue weighted by Gasteiger charge is 2.20. The first-order valence-corrected chi connectivity index (χ1v) is 7.12. The maximum absolute atomic E-state index is 12.4. The summed E-state index contributed by atoms with van der Waals surface area (Å²) in [5.74, 6) is -0.0267. The van der Waals surface area contributed by atoms with Crippen LogP contribution < -0.4 is 5.73 Å². The van der Waals surface area contributed by atoms with Crippen LogP contribution in [0.3, 0.4) is 0 Å². The molecule has 5 heteroatoms. The summed E-state index contributed by atoms with van der Waals surface area (Å²) in [5, 5.41) is 0. The molecule has 0 aliphatic carbocycles. The van der Waals surface area contributed by atoms with Crippen molar-refractivity contribution in [2.24, 2.45) is 5.73 Å². The van der Waals surface area contributed by atoms with Gasteiger partial charge in [0.1, 0.15) is 0 Å². The minimum atomic E-state index is -0.435. The number of hydrogen-bond acceptors (Lipinski definition) is 4. The lowest BCUT2D eigenvalue weighted by Crippen LogP contribution is -2.44. The zero-order valence-corrected chi connectivity index (χ0v) is 12.4. The lowest BCUT2D eigenvalue weighted by atomic mass is 10.1. The van der Waals surface area contributed by atoms with E-state index in [0.717, 1.165) is 25.0 Å². The standard InChI is InChI=1S/C15H25N3O2/c1-3-4-8-14(16)15(19)18(10-11-20-2)12-13-7-5-6-9-17-13/h5-7,9,14H,3-4,8,10-12,16H2,1-2H3. The van der Waals surface area contributed by atoms with Gasteiger partial charge >= 0.3 is 0 Å². The molecule has 0 saturated heterocycles. The zero-order chi connectivity index (χ0) is 14.8. The van der Waals surface area contributed by atoms with Crippen molar-refractivity contribution < 1.29 is 9.53 Å². The fourth-order valence-electron chi connectivity index (χ4n) is 1.94. The summed E-state index contributed by atoms with van der Waals surface area (Å²) in [7, 11) is 1.63. The molecule has 1 unspecified atom stereocenters. The SMILES string of the molecule is CCCCC(N)C(=O)N(CCOC)Cc1ccccn1. The Bertz CT molecular complexity index is 384. The first-order chi connectivity index (χ1) is 9.69. The molecule has 0 saturated carbocycles. The van der Waals surface area contributed by atoms with Crippen LogP contribution in [-0.2, 0) is 16.1 Å². The van der Waals surface area contributed by atoms with E-state index in [0.29, 0.717) is 19.7 Å². The molecule has 1 rings (SSSR count). The molecule has 1 aromatic heterocycles. The van der Waals surface area contributed by atoms with Gasteiger partial charge in [0.05, 0.1) is 24.9 Å². The highest BCUT2D eigenvalue weighted by atomic mass is 16.5. The number of hydrogen-bond donors (Lipinski definition) is 1. The van der Waals surface area contributed by atoms with Gasteiger partial charge < -0.3 is 15.4 Å². The summed E-state index contributed by atoms with van der Waals surface area (Å²) in [6.07, 6.45) is 4.46. The average molecular weight is 279 g/mol. The molecule has 5 nitrogen and oxygen atoms in total. The van der Waals surface area contributed by atoms with Crippen molar-refractivity contribution in [3.8, 4) is 0 Å². The molecule has 20 heavy (non-hydrogen) atoms. The number of nitrogens with zero attached hydrogens (tertiary/aromatic N) is 2. The van der Waals surface area contributed by atoms with Gasteiger partial charge in [-0.15, -0.1) is 0 Å². The molecule has 1 heterocycles. The maximum Gasteiger partial charge on any atom is 0.239 e. The lowest BCUT2D eigenvalue weighted by Gasteiger charge is -2.25. The van der Waals surface area contributed by atoms with E-state index in [-0.39, 0.29) is 5.91 Å². The van der Waals surface area contributed by atoms with E-state index in [2.05, 4.69) is 11.9 Å². The van der Waals surface area contributed by atoms with Crippen LogP contribution in [0.25, 0.3) is 0 Å². The highest BCUT2D eigenvalue weighted by Crippen LogP contribution is 2.07. The third-order valence-electron chi connectivity index (χ3n) is 3.14. The van der Waals surface area contributed by atoms with E-state index in [9.17, 15) is 4.79 Å². The van der Waals surface area contributed by atoms with Crippen LogP contribution in [0.4, 0.5) is 0 Å². The van der Waals surface area contributed by atoms with Crippen molar-refractivity contribution in [3.05, 3.63) is 30.1 Å². The Morgan fingerprint density at radius 3 is 2.90 bits per heavy atom. The van der Waals surface area contributed by atoms with Gasteiger partial charge in [-0.2, -0.15) is 0 Å². The van der Waals surface area contributed by atoms with Gasteiger partial charge in [0.15, 0.2) is 0 Å².